The zero-order valence-electron chi connectivity index (χ0n) is 21.4. The summed E-state index contributed by atoms with van der Waals surface area (Å²) < 4.78 is 6.72. The van der Waals surface area contributed by atoms with Crippen LogP contribution in [-0.2, 0) is 32.9 Å². The number of ether oxygens (including phenoxy) is 1. The molecule has 3 atom stereocenters. The molecule has 11 heteroatoms. The highest BCUT2D eigenvalue weighted by molar-refractivity contribution is 6.33. The predicted molar refractivity (Wildman–Crippen MR) is 142 cm³/mol. The van der Waals surface area contributed by atoms with Gasteiger partial charge >= 0.3 is 11.9 Å². The first-order valence-corrected chi connectivity index (χ1v) is 13.2. The Bertz CT molecular complexity index is 1060. The van der Waals surface area contributed by atoms with Crippen molar-refractivity contribution in [1.82, 2.24) is 10.3 Å². The average molecular weight is 550 g/mol. The lowest BCUT2D eigenvalue weighted by Gasteiger charge is -2.38. The molecule has 1 aliphatic carbocycles. The second-order valence-corrected chi connectivity index (χ2v) is 10.1. The van der Waals surface area contributed by atoms with E-state index in [1.807, 2.05) is 18.3 Å². The van der Waals surface area contributed by atoms with Crippen molar-refractivity contribution in [3.8, 4) is 0 Å². The molecule has 0 radical (unpaired) electrons. The number of nitrogens with zero attached hydrogens (tertiary/aromatic N) is 1. The minimum absolute atomic E-state index is 0.259. The first kappa shape index (κ1) is 29.8. The summed E-state index contributed by atoms with van der Waals surface area (Å²) in [5.41, 5.74) is 4.03. The lowest BCUT2D eigenvalue weighted by Crippen LogP contribution is -2.40. The van der Waals surface area contributed by atoms with Crippen molar-refractivity contribution in [3.63, 3.8) is 0 Å². The van der Waals surface area contributed by atoms with Gasteiger partial charge in [-0.2, -0.15) is 0 Å². The lowest BCUT2D eigenvalue weighted by molar-refractivity contribution is -0.165. The van der Waals surface area contributed by atoms with Crippen molar-refractivity contribution >= 4 is 29.2 Å². The first-order chi connectivity index (χ1) is 18.1. The Kier molecular flexibility index (Phi) is 10.9. The van der Waals surface area contributed by atoms with Crippen LogP contribution in [0.3, 0.4) is 0 Å². The van der Waals surface area contributed by atoms with Crippen molar-refractivity contribution in [3.05, 3.63) is 58.4 Å². The van der Waals surface area contributed by atoms with Gasteiger partial charge in [0.1, 0.15) is 0 Å². The Morgan fingerprint density at radius 1 is 1.08 bits per heavy atom. The van der Waals surface area contributed by atoms with Gasteiger partial charge in [-0.25, -0.2) is 9.59 Å². The number of fused-ring (bicyclic) bond motifs is 1. The van der Waals surface area contributed by atoms with E-state index < -0.39 is 29.9 Å². The van der Waals surface area contributed by atoms with Gasteiger partial charge in [0.2, 0.25) is 0 Å². The number of benzene rings is 1. The van der Waals surface area contributed by atoms with Crippen molar-refractivity contribution < 1.29 is 34.8 Å². The summed E-state index contributed by atoms with van der Waals surface area (Å²) >= 11 is 6.70. The van der Waals surface area contributed by atoms with Gasteiger partial charge in [-0.3, -0.25) is 4.98 Å². The van der Waals surface area contributed by atoms with Gasteiger partial charge in [0.25, 0.3) is 0 Å². The fraction of sp³-hybridized carbons (Fsp3) is 0.519. The van der Waals surface area contributed by atoms with Crippen LogP contribution >= 0.6 is 11.6 Å². The summed E-state index contributed by atoms with van der Waals surface area (Å²) in [5.74, 6) is -3.54. The molecule has 1 aliphatic heterocycles. The third kappa shape index (κ3) is 7.87. The van der Waals surface area contributed by atoms with Gasteiger partial charge in [-0.05, 0) is 69.0 Å². The van der Waals surface area contributed by atoms with Crippen molar-refractivity contribution in [2.45, 2.75) is 75.9 Å². The van der Waals surface area contributed by atoms with Gasteiger partial charge in [0.05, 0.1) is 16.8 Å². The molecule has 2 heterocycles. The maximum absolute atomic E-state index is 9.77. The third-order valence-corrected chi connectivity index (χ3v) is 7.13. The van der Waals surface area contributed by atoms with Crippen LogP contribution in [0.1, 0.15) is 55.7 Å². The summed E-state index contributed by atoms with van der Waals surface area (Å²) in [5, 5.41) is 40.5. The molecule has 1 fully saturated rings. The number of anilines is 1. The van der Waals surface area contributed by atoms with E-state index in [1.54, 1.807) is 6.20 Å². The molecule has 10 nitrogen and oxygen atoms in total. The molecular formula is C27H36ClN3O7. The maximum Gasteiger partial charge on any atom is 0.335 e. The second-order valence-electron chi connectivity index (χ2n) is 9.65. The Morgan fingerprint density at radius 2 is 1.74 bits per heavy atom. The standard InChI is InChI=1S/C23H30ClN3O.C4H6O6/c1-23(18-6-5-13-26-16-18,28-19-7-3-2-4-8-19)27-22-20-12-15-25-14-11-17(20)9-10-21(22)24;5-1(3(7)8)2(6)4(9)10/h5-6,9-10,13,16,19,25,27H,2-4,7-8,11-12,14-15H2,1H3;1-2,5-6H,(H,7,8)(H,9,10). The van der Waals surface area contributed by atoms with Crippen LogP contribution in [0.15, 0.2) is 36.7 Å². The normalized spacial score (nSPS) is 18.9. The number of nitrogens with one attached hydrogen (secondary N) is 2. The van der Waals surface area contributed by atoms with Crippen LogP contribution in [0.4, 0.5) is 5.69 Å². The van der Waals surface area contributed by atoms with Crippen LogP contribution in [-0.4, -0.2) is 68.8 Å². The van der Waals surface area contributed by atoms with Crippen molar-refractivity contribution in [2.24, 2.45) is 0 Å². The average Bonchev–Trinajstić information content (AvgIpc) is 3.17. The molecule has 1 aromatic carbocycles. The number of aliphatic carboxylic acids is 2. The summed E-state index contributed by atoms with van der Waals surface area (Å²) in [7, 11) is 0. The number of pyridine rings is 1. The van der Waals surface area contributed by atoms with Crippen LogP contribution < -0.4 is 10.6 Å². The van der Waals surface area contributed by atoms with E-state index in [-0.39, 0.29) is 6.10 Å². The number of rotatable bonds is 8. The van der Waals surface area contributed by atoms with Crippen LogP contribution in [0.2, 0.25) is 5.02 Å². The molecule has 0 bridgehead atoms. The van der Waals surface area contributed by atoms with Gasteiger partial charge in [-0.1, -0.05) is 43.0 Å². The lowest BCUT2D eigenvalue weighted by atomic mass is 9.96. The van der Waals surface area contributed by atoms with Gasteiger partial charge in [0.15, 0.2) is 17.9 Å². The third-order valence-electron chi connectivity index (χ3n) is 6.82. The molecule has 3 unspecified atom stereocenters. The number of carbonyl (C=O) groups is 2. The van der Waals surface area contributed by atoms with Crippen LogP contribution in [0, 0.1) is 0 Å². The summed E-state index contributed by atoms with van der Waals surface area (Å²) in [6, 6.07) is 8.23. The molecule has 0 amide bonds. The van der Waals surface area contributed by atoms with E-state index >= 15 is 0 Å². The zero-order valence-corrected chi connectivity index (χ0v) is 22.2. The highest BCUT2D eigenvalue weighted by Gasteiger charge is 2.34. The molecule has 1 saturated carbocycles. The number of hydrogen-bond acceptors (Lipinski definition) is 8. The van der Waals surface area contributed by atoms with E-state index in [4.69, 9.17) is 36.8 Å². The molecule has 208 valence electrons. The van der Waals surface area contributed by atoms with E-state index in [9.17, 15) is 9.59 Å². The van der Waals surface area contributed by atoms with Crippen LogP contribution in [0.5, 0.6) is 0 Å². The number of hydrogen-bond donors (Lipinski definition) is 6. The summed E-state index contributed by atoms with van der Waals surface area (Å²) in [6.45, 7) is 4.09. The molecule has 2 aliphatic rings. The number of halogens is 1. The number of carboxylic acids is 2. The molecular weight excluding hydrogens is 514 g/mol. The Labute approximate surface area is 227 Å². The van der Waals surface area contributed by atoms with Crippen LogP contribution in [0.25, 0.3) is 0 Å². The second kappa shape index (κ2) is 13.9. The Hall–Kier alpha value is -2.76. The maximum atomic E-state index is 9.77. The minimum Gasteiger partial charge on any atom is -0.479 e. The predicted octanol–water partition coefficient (Wildman–Crippen LogP) is 2.93. The van der Waals surface area contributed by atoms with E-state index in [0.29, 0.717) is 0 Å². The number of carboxylic acid groups (broad SMARTS) is 2. The first-order valence-electron chi connectivity index (χ1n) is 12.8. The van der Waals surface area contributed by atoms with Crippen molar-refractivity contribution in [2.75, 3.05) is 18.4 Å². The van der Waals surface area contributed by atoms with E-state index in [2.05, 4.69) is 34.7 Å². The quantitative estimate of drug-likeness (QED) is 0.270. The minimum atomic E-state index is -2.27. The molecule has 4 rings (SSSR count). The number of aliphatic hydroxyl groups excluding tert-OH is 2. The SMILES string of the molecule is CC(Nc1c(Cl)ccc2c1CCNCC2)(OC1CCCCC1)c1cccnc1.O=C(O)C(O)C(O)C(=O)O. The van der Waals surface area contributed by atoms with Crippen molar-refractivity contribution in [1.29, 1.82) is 0 Å². The molecule has 6 N–H and O–H groups in total. The molecule has 0 saturated heterocycles. The van der Waals surface area contributed by atoms with Gasteiger partial charge in [0, 0.05) is 18.0 Å². The number of aromatic nitrogens is 1. The summed E-state index contributed by atoms with van der Waals surface area (Å²) in [6.07, 6.45) is 7.42. The summed E-state index contributed by atoms with van der Waals surface area (Å²) in [4.78, 5) is 23.9. The number of aliphatic hydroxyl groups is 2. The Morgan fingerprint density at radius 3 is 2.34 bits per heavy atom. The molecule has 38 heavy (non-hydrogen) atoms. The smallest absolute Gasteiger partial charge is 0.335 e. The molecule has 2 aromatic rings. The topological polar surface area (TPSA) is 161 Å². The van der Waals surface area contributed by atoms with Gasteiger partial charge < -0.3 is 35.8 Å². The fourth-order valence-corrected chi connectivity index (χ4v) is 4.94. The molecule has 0 spiro atoms. The van der Waals surface area contributed by atoms with E-state index in [1.165, 1.54) is 30.4 Å². The largest absolute Gasteiger partial charge is 0.479 e. The van der Waals surface area contributed by atoms with E-state index in [0.717, 1.165) is 55.0 Å². The Balaban J connectivity index is 0.000000342. The fourth-order valence-electron chi connectivity index (χ4n) is 4.72. The highest BCUT2D eigenvalue weighted by atomic mass is 35.5. The molecule has 1 aromatic heterocycles. The highest BCUT2D eigenvalue weighted by Crippen LogP contribution is 2.38. The monoisotopic (exact) mass is 549 g/mol. The zero-order chi connectivity index (χ0) is 27.7. The van der Waals surface area contributed by atoms with Gasteiger partial charge in [-0.15, -0.1) is 0 Å².